The van der Waals surface area contributed by atoms with Crippen LogP contribution in [-0.4, -0.2) is 56.7 Å². The van der Waals surface area contributed by atoms with Crippen molar-refractivity contribution >= 4 is 16.3 Å². The van der Waals surface area contributed by atoms with E-state index in [0.717, 1.165) is 12.1 Å². The largest absolute Gasteiger partial charge is 0.492 e. The summed E-state index contributed by atoms with van der Waals surface area (Å²) in [4.78, 5) is 7.52. The van der Waals surface area contributed by atoms with Gasteiger partial charge in [0.15, 0.2) is 11.6 Å². The van der Waals surface area contributed by atoms with E-state index in [9.17, 15) is 18.3 Å². The second-order valence-electron chi connectivity index (χ2n) is 8.04. The van der Waals surface area contributed by atoms with Crippen molar-refractivity contribution in [1.82, 2.24) is 19.5 Å². The van der Waals surface area contributed by atoms with Gasteiger partial charge in [0, 0.05) is 32.4 Å². The summed E-state index contributed by atoms with van der Waals surface area (Å²) in [5, 5.41) is 15.3. The third-order valence-corrected chi connectivity index (χ3v) is 7.15. The molecule has 1 spiro atoms. The molecule has 0 bridgehead atoms. The Morgan fingerprint density at radius 2 is 1.94 bits per heavy atom. The number of hydrogen-bond donors (Lipinski definition) is 1. The highest BCUT2D eigenvalue weighted by Crippen LogP contribution is 2.44. The van der Waals surface area contributed by atoms with Crippen LogP contribution in [0.4, 0.5) is 13.2 Å². The van der Waals surface area contributed by atoms with Gasteiger partial charge in [-0.3, -0.25) is 4.90 Å². The summed E-state index contributed by atoms with van der Waals surface area (Å²) >= 11 is 1.25. The van der Waals surface area contributed by atoms with Crippen LogP contribution in [-0.2, 0) is 22.1 Å². The number of alkyl halides is 3. The quantitative estimate of drug-likeness (QED) is 0.624. The zero-order valence-corrected chi connectivity index (χ0v) is 18.2. The average Bonchev–Trinajstić information content (AvgIpc) is 3.47. The molecule has 3 aromatic rings. The molecule has 2 saturated heterocycles. The first-order chi connectivity index (χ1) is 15.3. The Hall–Kier alpha value is -2.21. The number of fused-ring (bicyclic) bond motifs is 1. The molecule has 32 heavy (non-hydrogen) atoms. The SMILES string of the molecule is CCc1nc2sc([C@@H](c3cccc(C(F)(F)F)c3)N3CCC4(CC3)OCCO4)c(O)n2n1. The highest BCUT2D eigenvalue weighted by molar-refractivity contribution is 7.17. The second-order valence-corrected chi connectivity index (χ2v) is 9.04. The predicted molar refractivity (Wildman–Crippen MR) is 111 cm³/mol. The van der Waals surface area contributed by atoms with Gasteiger partial charge in [-0.15, -0.1) is 5.10 Å². The minimum Gasteiger partial charge on any atom is -0.492 e. The molecule has 0 aliphatic carbocycles. The van der Waals surface area contributed by atoms with Gasteiger partial charge in [0.05, 0.1) is 29.7 Å². The second kappa shape index (κ2) is 7.98. The number of piperidine rings is 1. The van der Waals surface area contributed by atoms with Crippen molar-refractivity contribution < 1.29 is 27.8 Å². The number of hydrogen-bond acceptors (Lipinski definition) is 7. The zero-order chi connectivity index (χ0) is 22.5. The first-order valence-corrected chi connectivity index (χ1v) is 11.4. The molecule has 1 aromatic carbocycles. The van der Waals surface area contributed by atoms with Crippen LogP contribution in [0.25, 0.3) is 4.96 Å². The Morgan fingerprint density at radius 3 is 2.56 bits per heavy atom. The molecular formula is C21H23F3N4O3S. The number of ether oxygens (including phenoxy) is 2. The molecule has 0 saturated carbocycles. The number of thiazole rings is 1. The van der Waals surface area contributed by atoms with E-state index in [1.54, 1.807) is 6.07 Å². The fourth-order valence-electron chi connectivity index (χ4n) is 4.44. The fraction of sp³-hybridized carbons (Fsp3) is 0.524. The number of likely N-dealkylation sites (tertiary alicyclic amines) is 1. The highest BCUT2D eigenvalue weighted by atomic mass is 32.1. The lowest BCUT2D eigenvalue weighted by Gasteiger charge is -2.41. The van der Waals surface area contributed by atoms with Crippen molar-refractivity contribution in [2.75, 3.05) is 26.3 Å². The first-order valence-electron chi connectivity index (χ1n) is 10.6. The van der Waals surface area contributed by atoms with Crippen LogP contribution in [0.5, 0.6) is 5.88 Å². The van der Waals surface area contributed by atoms with Gasteiger partial charge in [0.2, 0.25) is 10.8 Å². The summed E-state index contributed by atoms with van der Waals surface area (Å²) in [5.74, 6) is -0.101. The van der Waals surface area contributed by atoms with E-state index in [0.29, 0.717) is 66.8 Å². The number of aromatic hydroxyl groups is 1. The van der Waals surface area contributed by atoms with Crippen LogP contribution in [0.1, 0.15) is 47.6 Å². The number of aromatic nitrogens is 3. The predicted octanol–water partition coefficient (Wildman–Crippen LogP) is 4.01. The summed E-state index contributed by atoms with van der Waals surface area (Å²) in [7, 11) is 0. The minimum atomic E-state index is -4.46. The number of aryl methyl sites for hydroxylation is 1. The summed E-state index contributed by atoms with van der Waals surface area (Å²) < 4.78 is 53.3. The maximum atomic E-state index is 13.4. The van der Waals surface area contributed by atoms with Crippen LogP contribution in [0, 0.1) is 0 Å². The maximum Gasteiger partial charge on any atom is 0.416 e. The van der Waals surface area contributed by atoms with Crippen LogP contribution >= 0.6 is 11.3 Å². The summed E-state index contributed by atoms with van der Waals surface area (Å²) in [6.45, 7) is 4.11. The van der Waals surface area contributed by atoms with Gasteiger partial charge in [-0.05, 0) is 17.7 Å². The Bertz CT molecular complexity index is 1110. The number of benzene rings is 1. The standard InChI is InChI=1S/C21H23F3N4O3S/c1-2-15-25-19-28(26-15)18(29)17(32-19)16(13-4-3-5-14(12-13)21(22,23)24)27-8-6-20(7-9-27)30-10-11-31-20/h3-5,12,16,29H,2,6-11H2,1H3/t16-/m1/s1. The number of nitrogens with zero attached hydrogens (tertiary/aromatic N) is 4. The summed E-state index contributed by atoms with van der Waals surface area (Å²) in [5.41, 5.74) is -0.261. The van der Waals surface area contributed by atoms with E-state index >= 15 is 0 Å². The fourth-order valence-corrected chi connectivity index (χ4v) is 5.58. The Morgan fingerprint density at radius 1 is 1.22 bits per heavy atom. The number of halogens is 3. The van der Waals surface area contributed by atoms with Crippen molar-refractivity contribution in [1.29, 1.82) is 0 Å². The van der Waals surface area contributed by atoms with Crippen LogP contribution < -0.4 is 0 Å². The molecule has 2 aliphatic heterocycles. The molecule has 0 unspecified atom stereocenters. The molecule has 0 radical (unpaired) electrons. The van der Waals surface area contributed by atoms with Gasteiger partial charge in [0.1, 0.15) is 0 Å². The molecule has 2 aromatic heterocycles. The molecule has 1 N–H and O–H groups in total. The topological polar surface area (TPSA) is 72.1 Å². The zero-order valence-electron chi connectivity index (χ0n) is 17.4. The highest BCUT2D eigenvalue weighted by Gasteiger charge is 2.43. The molecule has 1 atom stereocenters. The van der Waals surface area contributed by atoms with Crippen LogP contribution in [0.2, 0.25) is 0 Å². The summed E-state index contributed by atoms with van der Waals surface area (Å²) in [6, 6.07) is 4.71. The van der Waals surface area contributed by atoms with Gasteiger partial charge in [-0.25, -0.2) is 4.98 Å². The van der Waals surface area contributed by atoms with E-state index in [1.165, 1.54) is 21.9 Å². The lowest BCUT2D eigenvalue weighted by atomic mass is 9.96. The molecule has 7 nitrogen and oxygen atoms in total. The van der Waals surface area contributed by atoms with Gasteiger partial charge < -0.3 is 14.6 Å². The lowest BCUT2D eigenvalue weighted by molar-refractivity contribution is -0.187. The third-order valence-electron chi connectivity index (χ3n) is 6.08. The van der Waals surface area contributed by atoms with E-state index in [1.807, 2.05) is 6.92 Å². The van der Waals surface area contributed by atoms with E-state index in [2.05, 4.69) is 15.0 Å². The smallest absolute Gasteiger partial charge is 0.416 e. The van der Waals surface area contributed by atoms with Crippen molar-refractivity contribution in [2.24, 2.45) is 0 Å². The molecule has 5 rings (SSSR count). The average molecular weight is 469 g/mol. The van der Waals surface area contributed by atoms with Crippen molar-refractivity contribution in [3.63, 3.8) is 0 Å². The lowest BCUT2D eigenvalue weighted by Crippen LogP contribution is -2.46. The summed E-state index contributed by atoms with van der Waals surface area (Å²) in [6.07, 6.45) is -2.63. The number of rotatable bonds is 4. The van der Waals surface area contributed by atoms with Gasteiger partial charge in [-0.1, -0.05) is 30.4 Å². The van der Waals surface area contributed by atoms with Gasteiger partial charge in [0.25, 0.3) is 0 Å². The van der Waals surface area contributed by atoms with E-state index in [-0.39, 0.29) is 5.88 Å². The monoisotopic (exact) mass is 468 g/mol. The Balaban J connectivity index is 1.55. The van der Waals surface area contributed by atoms with Crippen molar-refractivity contribution in [3.05, 3.63) is 46.1 Å². The molecule has 4 heterocycles. The van der Waals surface area contributed by atoms with E-state index < -0.39 is 23.6 Å². The third kappa shape index (κ3) is 3.76. The van der Waals surface area contributed by atoms with Crippen molar-refractivity contribution in [3.8, 4) is 5.88 Å². The van der Waals surface area contributed by atoms with Crippen LogP contribution in [0.3, 0.4) is 0 Å². The molecule has 0 amide bonds. The molecule has 2 fully saturated rings. The molecule has 172 valence electrons. The first kappa shape index (κ1) is 21.6. The van der Waals surface area contributed by atoms with Gasteiger partial charge >= 0.3 is 6.18 Å². The van der Waals surface area contributed by atoms with Crippen LogP contribution in [0.15, 0.2) is 24.3 Å². The Labute approximate surface area is 186 Å². The van der Waals surface area contributed by atoms with E-state index in [4.69, 9.17) is 9.47 Å². The molecular weight excluding hydrogens is 445 g/mol. The van der Waals surface area contributed by atoms with Crippen molar-refractivity contribution in [2.45, 2.75) is 44.2 Å². The Kier molecular flexibility index (Phi) is 5.39. The van der Waals surface area contributed by atoms with Gasteiger partial charge in [-0.2, -0.15) is 17.7 Å². The normalized spacial score (nSPS) is 20.4. The minimum absolute atomic E-state index is 0.0896. The maximum absolute atomic E-state index is 13.4. The molecule has 2 aliphatic rings. The molecule has 11 heteroatoms.